The molecule has 8 heteroatoms. The fourth-order valence-electron chi connectivity index (χ4n) is 3.01. The number of benzene rings is 2. The average Bonchev–Trinajstić information content (AvgIpc) is 3.10. The van der Waals surface area contributed by atoms with Gasteiger partial charge in [-0.15, -0.1) is 5.10 Å². The molecular formula is C21H25N5O3. The molecule has 8 nitrogen and oxygen atoms in total. The number of nitrogens with zero attached hydrogens (tertiary/aromatic N) is 3. The van der Waals surface area contributed by atoms with Crippen LogP contribution in [-0.2, 0) is 0 Å². The van der Waals surface area contributed by atoms with Crippen LogP contribution in [0.15, 0.2) is 48.5 Å². The molecular weight excluding hydrogens is 370 g/mol. The third-order valence-corrected chi connectivity index (χ3v) is 4.73. The highest BCUT2D eigenvalue weighted by molar-refractivity contribution is 6.05. The van der Waals surface area contributed by atoms with Gasteiger partial charge in [0.05, 0.1) is 13.7 Å². The van der Waals surface area contributed by atoms with E-state index in [1.807, 2.05) is 24.3 Å². The summed E-state index contributed by atoms with van der Waals surface area (Å²) in [6.45, 7) is 3.99. The van der Waals surface area contributed by atoms with E-state index in [1.54, 1.807) is 31.4 Å². The number of rotatable bonds is 7. The molecule has 3 aromatic rings. The van der Waals surface area contributed by atoms with Crippen LogP contribution in [0.1, 0.15) is 47.4 Å². The molecule has 1 aromatic heterocycles. The molecule has 3 rings (SSSR count). The van der Waals surface area contributed by atoms with E-state index in [0.717, 1.165) is 5.56 Å². The highest BCUT2D eigenvalue weighted by Crippen LogP contribution is 2.25. The molecule has 0 aliphatic rings. The number of nitrogens with two attached hydrogens (primary N) is 1. The molecule has 0 bridgehead atoms. The second-order valence-electron chi connectivity index (χ2n) is 6.97. The number of aromatic nitrogens is 3. The number of ether oxygens (including phenoxy) is 1. The van der Waals surface area contributed by atoms with Crippen molar-refractivity contribution in [2.24, 2.45) is 0 Å². The van der Waals surface area contributed by atoms with Gasteiger partial charge in [0.15, 0.2) is 11.5 Å². The van der Waals surface area contributed by atoms with E-state index in [4.69, 9.17) is 10.5 Å². The van der Waals surface area contributed by atoms with Crippen LogP contribution in [0.3, 0.4) is 0 Å². The van der Waals surface area contributed by atoms with Crippen molar-refractivity contribution in [1.82, 2.24) is 15.0 Å². The molecule has 0 fully saturated rings. The average molecular weight is 395 g/mol. The van der Waals surface area contributed by atoms with Crippen molar-refractivity contribution < 1.29 is 14.6 Å². The number of amides is 1. The Kier molecular flexibility index (Phi) is 6.13. The van der Waals surface area contributed by atoms with Crippen molar-refractivity contribution in [3.05, 3.63) is 65.4 Å². The predicted octanol–water partition coefficient (Wildman–Crippen LogP) is 2.83. The first-order valence-electron chi connectivity index (χ1n) is 9.31. The first kappa shape index (κ1) is 20.3. The second kappa shape index (κ2) is 8.74. The number of carbonyl (C=O) groups excluding carboxylic acids is 1. The fourth-order valence-corrected chi connectivity index (χ4v) is 3.01. The largest absolute Gasteiger partial charge is 0.497 e. The van der Waals surface area contributed by atoms with Gasteiger partial charge in [0, 0.05) is 11.8 Å². The van der Waals surface area contributed by atoms with E-state index in [0.29, 0.717) is 17.4 Å². The van der Waals surface area contributed by atoms with Crippen LogP contribution < -0.4 is 15.8 Å². The Balaban J connectivity index is 1.83. The summed E-state index contributed by atoms with van der Waals surface area (Å²) < 4.78 is 6.52. The molecule has 2 aromatic carbocycles. The van der Waals surface area contributed by atoms with E-state index in [1.165, 1.54) is 10.2 Å². The minimum absolute atomic E-state index is 0.00919. The first-order chi connectivity index (χ1) is 13.9. The van der Waals surface area contributed by atoms with Crippen molar-refractivity contribution in [3.8, 4) is 5.75 Å². The smallest absolute Gasteiger partial charge is 0.280 e. The van der Waals surface area contributed by atoms with Crippen LogP contribution in [0, 0.1) is 0 Å². The number of hydrogen-bond donors (Lipinski definition) is 3. The summed E-state index contributed by atoms with van der Waals surface area (Å²) in [5.74, 6) is 0.607. The zero-order valence-corrected chi connectivity index (χ0v) is 16.7. The number of nitrogen functional groups attached to an aromatic ring is 1. The quantitative estimate of drug-likeness (QED) is 0.567. The Bertz CT molecular complexity index is 982. The van der Waals surface area contributed by atoms with E-state index < -0.39 is 11.9 Å². The molecule has 0 saturated carbocycles. The first-order valence-corrected chi connectivity index (χ1v) is 9.31. The van der Waals surface area contributed by atoms with Gasteiger partial charge in [-0.3, -0.25) is 4.79 Å². The number of anilines is 2. The third-order valence-electron chi connectivity index (χ3n) is 4.73. The Morgan fingerprint density at radius 2 is 1.90 bits per heavy atom. The second-order valence-corrected chi connectivity index (χ2v) is 6.97. The van der Waals surface area contributed by atoms with E-state index in [2.05, 4.69) is 29.5 Å². The summed E-state index contributed by atoms with van der Waals surface area (Å²) >= 11 is 0. The maximum absolute atomic E-state index is 12.6. The highest BCUT2D eigenvalue weighted by atomic mass is 16.5. The van der Waals surface area contributed by atoms with E-state index in [-0.39, 0.29) is 18.1 Å². The van der Waals surface area contributed by atoms with E-state index in [9.17, 15) is 9.90 Å². The molecule has 1 amide bonds. The molecule has 0 spiro atoms. The fraction of sp³-hybridized carbons (Fsp3) is 0.286. The zero-order valence-electron chi connectivity index (χ0n) is 16.7. The van der Waals surface area contributed by atoms with Gasteiger partial charge in [-0.1, -0.05) is 49.4 Å². The SMILES string of the molecule is COc1cccc(NC(=O)c2nnn(C(CO)c3ccc(C(C)C)cc3)c2N)c1. The molecule has 152 valence electrons. The topological polar surface area (TPSA) is 115 Å². The van der Waals surface area contributed by atoms with Crippen LogP contribution >= 0.6 is 0 Å². The summed E-state index contributed by atoms with van der Waals surface area (Å²) in [5, 5.41) is 20.6. The lowest BCUT2D eigenvalue weighted by Crippen LogP contribution is -2.20. The molecule has 1 heterocycles. The Hall–Kier alpha value is -3.39. The number of methoxy groups -OCH3 is 1. The minimum Gasteiger partial charge on any atom is -0.497 e. The van der Waals surface area contributed by atoms with Crippen molar-refractivity contribution in [2.45, 2.75) is 25.8 Å². The third kappa shape index (κ3) is 4.38. The normalized spacial score (nSPS) is 12.0. The monoisotopic (exact) mass is 395 g/mol. The van der Waals surface area contributed by atoms with Gasteiger partial charge in [0.1, 0.15) is 11.8 Å². The maximum Gasteiger partial charge on any atom is 0.280 e. The van der Waals surface area contributed by atoms with Crippen LogP contribution in [0.4, 0.5) is 11.5 Å². The predicted molar refractivity (Wildman–Crippen MR) is 111 cm³/mol. The highest BCUT2D eigenvalue weighted by Gasteiger charge is 2.23. The van der Waals surface area contributed by atoms with Crippen LogP contribution in [0.25, 0.3) is 0 Å². The Morgan fingerprint density at radius 1 is 1.21 bits per heavy atom. The lowest BCUT2D eigenvalue weighted by Gasteiger charge is -2.17. The Morgan fingerprint density at radius 3 is 2.52 bits per heavy atom. The molecule has 29 heavy (non-hydrogen) atoms. The number of hydrogen-bond acceptors (Lipinski definition) is 6. The molecule has 1 atom stereocenters. The van der Waals surface area contributed by atoms with Gasteiger partial charge in [-0.05, 0) is 29.2 Å². The van der Waals surface area contributed by atoms with Crippen LogP contribution in [-0.4, -0.2) is 39.7 Å². The number of nitrogens with one attached hydrogen (secondary N) is 1. The maximum atomic E-state index is 12.6. The van der Waals surface area contributed by atoms with E-state index >= 15 is 0 Å². The van der Waals surface area contributed by atoms with Gasteiger partial charge in [0.25, 0.3) is 5.91 Å². The van der Waals surface area contributed by atoms with Crippen molar-refractivity contribution in [1.29, 1.82) is 0 Å². The van der Waals surface area contributed by atoms with Crippen LogP contribution in [0.5, 0.6) is 5.75 Å². The Labute approximate surface area is 169 Å². The minimum atomic E-state index is -0.540. The summed E-state index contributed by atoms with van der Waals surface area (Å²) in [4.78, 5) is 12.6. The summed E-state index contributed by atoms with van der Waals surface area (Å²) in [6.07, 6.45) is 0. The van der Waals surface area contributed by atoms with Gasteiger partial charge < -0.3 is 20.9 Å². The van der Waals surface area contributed by atoms with Gasteiger partial charge in [0.2, 0.25) is 0 Å². The molecule has 0 aliphatic heterocycles. The molecule has 0 radical (unpaired) electrons. The zero-order chi connectivity index (χ0) is 21.0. The van der Waals surface area contributed by atoms with Gasteiger partial charge in [-0.2, -0.15) is 0 Å². The molecule has 0 aliphatic carbocycles. The number of aliphatic hydroxyl groups excluding tert-OH is 1. The summed E-state index contributed by atoms with van der Waals surface area (Å²) in [7, 11) is 1.55. The lowest BCUT2D eigenvalue weighted by atomic mass is 9.99. The van der Waals surface area contributed by atoms with Crippen molar-refractivity contribution in [3.63, 3.8) is 0 Å². The molecule has 4 N–H and O–H groups in total. The van der Waals surface area contributed by atoms with Gasteiger partial charge in [-0.25, -0.2) is 4.68 Å². The van der Waals surface area contributed by atoms with Crippen LogP contribution in [0.2, 0.25) is 0 Å². The molecule has 0 saturated heterocycles. The number of aliphatic hydroxyl groups is 1. The lowest BCUT2D eigenvalue weighted by molar-refractivity contribution is 0.102. The van der Waals surface area contributed by atoms with Crippen molar-refractivity contribution >= 4 is 17.4 Å². The molecule has 1 unspecified atom stereocenters. The van der Waals surface area contributed by atoms with Gasteiger partial charge >= 0.3 is 0 Å². The summed E-state index contributed by atoms with van der Waals surface area (Å²) in [5.41, 5.74) is 8.70. The van der Waals surface area contributed by atoms with Crippen molar-refractivity contribution in [2.75, 3.05) is 24.8 Å². The standard InChI is InChI=1S/C21H25N5O3/c1-13(2)14-7-9-15(10-8-14)18(12-27)26-20(22)19(24-25-26)21(28)23-16-5-4-6-17(11-16)29-3/h4-11,13,18,27H,12,22H2,1-3H3,(H,23,28). The number of carbonyl (C=O) groups is 1. The summed E-state index contributed by atoms with van der Waals surface area (Å²) in [6, 6.07) is 14.3.